The predicted molar refractivity (Wildman–Crippen MR) is 160 cm³/mol. The van der Waals surface area contributed by atoms with Gasteiger partial charge in [0.2, 0.25) is 0 Å². The number of carbonyl (C=O) groups is 1. The molecule has 3 aromatic carbocycles. The highest BCUT2D eigenvalue weighted by molar-refractivity contribution is 6.30. The number of aryl methyl sites for hydroxylation is 1. The lowest BCUT2D eigenvalue weighted by Crippen LogP contribution is -2.45. The number of halogens is 1. The van der Waals surface area contributed by atoms with Crippen molar-refractivity contribution in [1.29, 1.82) is 5.41 Å². The summed E-state index contributed by atoms with van der Waals surface area (Å²) in [7, 11) is 3.15. The summed E-state index contributed by atoms with van der Waals surface area (Å²) in [5.74, 6) is 0.366. The van der Waals surface area contributed by atoms with Crippen LogP contribution >= 0.6 is 11.6 Å². The average Bonchev–Trinajstić information content (AvgIpc) is 2.92. The number of nitrogens with zero attached hydrogens (tertiary/aromatic N) is 1. The van der Waals surface area contributed by atoms with Crippen LogP contribution in [0.4, 0.5) is 5.69 Å². The van der Waals surface area contributed by atoms with Gasteiger partial charge in [-0.15, -0.1) is 0 Å². The van der Waals surface area contributed by atoms with Crippen LogP contribution in [-0.2, 0) is 4.79 Å². The molecule has 206 valence electrons. The molecule has 0 aromatic heterocycles. The van der Waals surface area contributed by atoms with Crippen LogP contribution in [0, 0.1) is 17.7 Å². The topological polar surface area (TPSA) is 82.9 Å². The van der Waals surface area contributed by atoms with Gasteiger partial charge in [0.1, 0.15) is 23.1 Å². The number of hydrogen-bond acceptors (Lipinski definition) is 5. The molecular formula is C33H33ClN2O4. The second-order valence-corrected chi connectivity index (χ2v) is 11.6. The van der Waals surface area contributed by atoms with E-state index < -0.39 is 5.92 Å². The molecule has 5 rings (SSSR count). The summed E-state index contributed by atoms with van der Waals surface area (Å²) in [6.07, 6.45) is 0.912. The number of aliphatic hydroxyl groups excluding tert-OH is 1. The van der Waals surface area contributed by atoms with Gasteiger partial charge in [0, 0.05) is 45.1 Å². The number of hydrogen-bond donors (Lipinski definition) is 2. The third kappa shape index (κ3) is 4.88. The van der Waals surface area contributed by atoms with Crippen LogP contribution < -0.4 is 14.4 Å². The summed E-state index contributed by atoms with van der Waals surface area (Å²) in [5.41, 5.74) is 4.23. The molecule has 40 heavy (non-hydrogen) atoms. The molecule has 0 bridgehead atoms. The smallest absolute Gasteiger partial charge is 0.162 e. The minimum atomic E-state index is -0.749. The second-order valence-electron chi connectivity index (χ2n) is 11.1. The molecule has 0 saturated carbocycles. The number of aliphatic hydroxyl groups is 1. The molecule has 1 heterocycles. The summed E-state index contributed by atoms with van der Waals surface area (Å²) in [4.78, 5) is 15.9. The zero-order valence-corrected chi connectivity index (χ0v) is 24.1. The zero-order chi connectivity index (χ0) is 28.8. The minimum absolute atomic E-state index is 0.0261. The summed E-state index contributed by atoms with van der Waals surface area (Å²) in [6.45, 7) is 6.10. The molecule has 0 fully saturated rings. The Morgan fingerprint density at radius 3 is 2.30 bits per heavy atom. The second kappa shape index (κ2) is 10.5. The Balaban J connectivity index is 1.89. The third-order valence-corrected chi connectivity index (χ3v) is 7.89. The highest BCUT2D eigenvalue weighted by atomic mass is 35.5. The largest absolute Gasteiger partial charge is 0.507 e. The van der Waals surface area contributed by atoms with E-state index >= 15 is 0 Å². The van der Waals surface area contributed by atoms with E-state index in [-0.39, 0.29) is 22.8 Å². The highest BCUT2D eigenvalue weighted by Gasteiger charge is 2.47. The van der Waals surface area contributed by atoms with Crippen molar-refractivity contribution in [2.24, 2.45) is 5.41 Å². The molecule has 0 unspecified atom stereocenters. The molecule has 1 atom stereocenters. The van der Waals surface area contributed by atoms with Crippen LogP contribution in [0.5, 0.6) is 11.5 Å². The van der Waals surface area contributed by atoms with Crippen LogP contribution in [0.25, 0.3) is 5.76 Å². The standard InChI is InChI=1S/C33H33ClN2O4/c1-19-6-8-20(9-7-19)31(38)30-28(24-16-23(39-4)14-15-27(24)40-5)29-25(17-33(2,3)18-26(29)37)36(32(30)35)22-12-10-21(34)11-13-22/h6-16,28,35,38H,17-18H2,1-5H3/b31-30+,35-32?/t28-/m1/s1. The van der Waals surface area contributed by atoms with E-state index in [1.807, 2.05) is 49.4 Å². The minimum Gasteiger partial charge on any atom is -0.507 e. The molecule has 0 spiro atoms. The number of allylic oxidation sites excluding steroid dienone is 2. The van der Waals surface area contributed by atoms with Gasteiger partial charge in [-0.05, 0) is 61.2 Å². The first-order valence-corrected chi connectivity index (χ1v) is 13.6. The molecule has 1 aliphatic carbocycles. The van der Waals surface area contributed by atoms with Crippen LogP contribution in [-0.4, -0.2) is 30.9 Å². The number of benzene rings is 3. The Morgan fingerprint density at radius 2 is 1.68 bits per heavy atom. The molecule has 0 amide bonds. The number of rotatable bonds is 5. The number of anilines is 1. The Labute approximate surface area is 240 Å². The molecule has 1 aliphatic heterocycles. The van der Waals surface area contributed by atoms with Crippen molar-refractivity contribution in [3.8, 4) is 11.5 Å². The van der Waals surface area contributed by atoms with Gasteiger partial charge in [-0.2, -0.15) is 0 Å². The molecule has 0 saturated heterocycles. The van der Waals surface area contributed by atoms with E-state index in [0.717, 1.165) is 11.3 Å². The van der Waals surface area contributed by atoms with Gasteiger partial charge in [0.15, 0.2) is 5.78 Å². The first-order valence-electron chi connectivity index (χ1n) is 13.2. The van der Waals surface area contributed by atoms with Gasteiger partial charge in [0.05, 0.1) is 20.1 Å². The van der Waals surface area contributed by atoms with Crippen LogP contribution in [0.1, 0.15) is 49.3 Å². The summed E-state index contributed by atoms with van der Waals surface area (Å²) >= 11 is 6.22. The SMILES string of the molecule is COc1ccc(OC)c([C@@H]2C3=C(CC(C)(C)CC3=O)N(c3ccc(Cl)cc3)C(=N)/C2=C(/O)c2ccc(C)cc2)c1. The van der Waals surface area contributed by atoms with Crippen LogP contribution in [0.3, 0.4) is 0 Å². The van der Waals surface area contributed by atoms with Crippen molar-refractivity contribution in [2.45, 2.75) is 39.5 Å². The van der Waals surface area contributed by atoms with Crippen molar-refractivity contribution < 1.29 is 19.4 Å². The lowest BCUT2D eigenvalue weighted by Gasteiger charge is -2.45. The maximum Gasteiger partial charge on any atom is 0.162 e. The van der Waals surface area contributed by atoms with Crippen LogP contribution in [0.15, 0.2) is 83.6 Å². The van der Waals surface area contributed by atoms with E-state index in [0.29, 0.717) is 57.3 Å². The van der Waals surface area contributed by atoms with E-state index in [1.54, 1.807) is 43.4 Å². The quantitative estimate of drug-likeness (QED) is 0.312. The number of Topliss-reactive ketones (excluding diaryl/α,β-unsaturated/α-hetero) is 1. The van der Waals surface area contributed by atoms with E-state index in [2.05, 4.69) is 13.8 Å². The van der Waals surface area contributed by atoms with Crippen molar-refractivity contribution >= 4 is 34.7 Å². The average molecular weight is 557 g/mol. The van der Waals surface area contributed by atoms with Gasteiger partial charge >= 0.3 is 0 Å². The third-order valence-electron chi connectivity index (χ3n) is 7.64. The summed E-state index contributed by atoms with van der Waals surface area (Å²) < 4.78 is 11.3. The monoisotopic (exact) mass is 556 g/mol. The summed E-state index contributed by atoms with van der Waals surface area (Å²) in [5, 5.41) is 22.1. The number of nitrogens with one attached hydrogen (secondary N) is 1. The fraction of sp³-hybridized carbons (Fsp3) is 0.273. The van der Waals surface area contributed by atoms with Gasteiger partial charge in [-0.25, -0.2) is 0 Å². The number of carbonyl (C=O) groups excluding carboxylic acids is 1. The van der Waals surface area contributed by atoms with Gasteiger partial charge in [0.25, 0.3) is 0 Å². The molecule has 6 nitrogen and oxygen atoms in total. The number of methoxy groups -OCH3 is 2. The predicted octanol–water partition coefficient (Wildman–Crippen LogP) is 7.86. The van der Waals surface area contributed by atoms with Crippen molar-refractivity contribution in [2.75, 3.05) is 19.1 Å². The molecule has 2 N–H and O–H groups in total. The van der Waals surface area contributed by atoms with Crippen LogP contribution in [0.2, 0.25) is 5.02 Å². The van der Waals surface area contributed by atoms with E-state index in [9.17, 15) is 15.3 Å². The fourth-order valence-corrected chi connectivity index (χ4v) is 5.86. The van der Waals surface area contributed by atoms with Gasteiger partial charge < -0.3 is 14.6 Å². The van der Waals surface area contributed by atoms with Gasteiger partial charge in [-0.3, -0.25) is 15.1 Å². The first-order chi connectivity index (χ1) is 19.0. The lowest BCUT2D eigenvalue weighted by molar-refractivity contribution is -0.118. The highest BCUT2D eigenvalue weighted by Crippen LogP contribution is 2.53. The van der Waals surface area contributed by atoms with Crippen molar-refractivity contribution in [3.05, 3.63) is 105 Å². The number of ketones is 1. The molecular weight excluding hydrogens is 524 g/mol. The fourth-order valence-electron chi connectivity index (χ4n) is 5.73. The van der Waals surface area contributed by atoms with Crippen molar-refractivity contribution in [3.63, 3.8) is 0 Å². The lowest BCUT2D eigenvalue weighted by atomic mass is 9.67. The number of ether oxygens (including phenoxy) is 2. The summed E-state index contributed by atoms with van der Waals surface area (Å²) in [6, 6.07) is 20.1. The maximum absolute atomic E-state index is 14.1. The molecule has 2 aliphatic rings. The van der Waals surface area contributed by atoms with E-state index in [4.69, 9.17) is 21.1 Å². The first kappa shape index (κ1) is 27.5. The Kier molecular flexibility index (Phi) is 7.23. The molecule has 7 heteroatoms. The Morgan fingerprint density at radius 1 is 1.00 bits per heavy atom. The van der Waals surface area contributed by atoms with Crippen molar-refractivity contribution in [1.82, 2.24) is 0 Å². The van der Waals surface area contributed by atoms with Gasteiger partial charge in [-0.1, -0.05) is 55.3 Å². The number of amidine groups is 1. The molecule has 0 radical (unpaired) electrons. The zero-order valence-electron chi connectivity index (χ0n) is 23.3. The maximum atomic E-state index is 14.1. The normalized spacial score (nSPS) is 19.9. The Bertz CT molecular complexity index is 1550. The van der Waals surface area contributed by atoms with E-state index in [1.165, 1.54) is 0 Å². The molecule has 3 aromatic rings. The Hall–Kier alpha value is -4.03.